The largest absolute Gasteiger partial charge is 0.480 e. The Hall–Kier alpha value is -1.78. The molecule has 1 aliphatic carbocycles. The normalized spacial score (nSPS) is 27.4. The molecule has 0 radical (unpaired) electrons. The maximum Gasteiger partial charge on any atom is 0.326 e. The lowest BCUT2D eigenvalue weighted by molar-refractivity contribution is -0.140. The molecule has 3 aromatic carbocycles. The Bertz CT molecular complexity index is 2420. The molecule has 0 amide bonds. The highest BCUT2D eigenvalue weighted by molar-refractivity contribution is 9.11. The first kappa shape index (κ1) is 47.2. The van der Waals surface area contributed by atoms with E-state index in [4.69, 9.17) is 0 Å². The second kappa shape index (κ2) is 17.2. The van der Waals surface area contributed by atoms with Crippen LogP contribution < -0.4 is 0 Å². The van der Waals surface area contributed by atoms with Gasteiger partial charge in [-0.15, -0.1) is 0 Å². The van der Waals surface area contributed by atoms with E-state index in [2.05, 4.69) is 47.8 Å². The number of benzene rings is 3. The first-order valence-corrected chi connectivity index (χ1v) is 27.1. The Morgan fingerprint density at radius 3 is 1.03 bits per heavy atom. The molecule has 3 aliphatic heterocycles. The van der Waals surface area contributed by atoms with E-state index in [0.717, 1.165) is 59.7 Å². The van der Waals surface area contributed by atoms with Gasteiger partial charge in [-0.3, -0.25) is 4.79 Å². The molecule has 7 rings (SSSR count). The molecule has 3 saturated heterocycles. The van der Waals surface area contributed by atoms with Crippen molar-refractivity contribution in [3.05, 3.63) is 101 Å². The van der Waals surface area contributed by atoms with Crippen molar-refractivity contribution in [3.63, 3.8) is 0 Å². The van der Waals surface area contributed by atoms with E-state index in [-0.39, 0.29) is 82.7 Å². The molecule has 0 bridgehead atoms. The van der Waals surface area contributed by atoms with E-state index in [1.54, 1.807) is 0 Å². The molecule has 334 valence electrons. The lowest BCUT2D eigenvalue weighted by Gasteiger charge is -2.44. The van der Waals surface area contributed by atoms with Crippen molar-refractivity contribution in [2.24, 2.45) is 0 Å². The van der Waals surface area contributed by atoms with E-state index in [1.807, 2.05) is 75.4 Å². The van der Waals surface area contributed by atoms with Gasteiger partial charge in [-0.2, -0.15) is 8.61 Å². The zero-order chi connectivity index (χ0) is 44.5. The zero-order valence-electron chi connectivity index (χ0n) is 34.2. The van der Waals surface area contributed by atoms with Crippen molar-refractivity contribution in [2.75, 3.05) is 39.3 Å². The molecule has 4 aliphatic rings. The van der Waals surface area contributed by atoms with Crippen LogP contribution in [0.2, 0.25) is 0 Å². The number of carbonyl (C=O) groups is 1. The molecule has 13 nitrogen and oxygen atoms in total. The van der Waals surface area contributed by atoms with Crippen LogP contribution in [0.4, 0.5) is 0 Å². The van der Waals surface area contributed by atoms with Crippen LogP contribution in [0, 0.1) is 20.8 Å². The Balaban J connectivity index is 1.23. The Kier molecular flexibility index (Phi) is 13.3. The molecule has 0 aromatic heterocycles. The smallest absolute Gasteiger partial charge is 0.326 e. The summed E-state index contributed by atoms with van der Waals surface area (Å²) in [5.41, 5.74) is 5.87. The van der Waals surface area contributed by atoms with Crippen molar-refractivity contribution >= 4 is 83.8 Å². The number of carboxylic acids is 1. The SMILES string of the molecule is Cc1cc(C2CCN(S(=O)(=O)C3(C(=O)O)CC(O)(S(=O)(=O)N4CCC(c5ccc(Br)c(C)c5)CC4)C(O)(S(=O)(=O)N4CCC(c5ccc(Br)c(C)c5)CC4)C3)CC2)ccc1Br. The van der Waals surface area contributed by atoms with E-state index < -0.39 is 63.5 Å². The molecule has 3 N–H and O–H groups in total. The van der Waals surface area contributed by atoms with Crippen molar-refractivity contribution < 1.29 is 45.4 Å². The number of hydrogen-bond donors (Lipinski definition) is 3. The third-order valence-electron chi connectivity index (χ3n) is 13.7. The number of aliphatic carboxylic acids is 1. The fraction of sp³-hybridized carbons (Fsp3) is 0.548. The predicted octanol–water partition coefficient (Wildman–Crippen LogP) is 6.82. The van der Waals surface area contributed by atoms with Gasteiger partial charge in [0.15, 0.2) is 4.75 Å². The van der Waals surface area contributed by atoms with Crippen LogP contribution in [0.5, 0.6) is 0 Å². The fourth-order valence-corrected chi connectivity index (χ4v) is 17.7. The highest BCUT2D eigenvalue weighted by Gasteiger charge is 2.81. The number of piperidine rings is 3. The molecule has 19 heteroatoms. The van der Waals surface area contributed by atoms with Gasteiger partial charge in [-0.05, 0) is 129 Å². The molecule has 2 unspecified atom stereocenters. The lowest BCUT2D eigenvalue weighted by atomic mass is 9.89. The Labute approximate surface area is 384 Å². The Morgan fingerprint density at radius 1 is 0.525 bits per heavy atom. The minimum Gasteiger partial charge on any atom is -0.480 e. The number of sulfonamides is 3. The quantitative estimate of drug-likeness (QED) is 0.194. The molecular formula is C42H52Br3N3O10S3. The summed E-state index contributed by atoms with van der Waals surface area (Å²) in [6, 6.07) is 17.5. The highest BCUT2D eigenvalue weighted by Crippen LogP contribution is 2.57. The molecule has 61 heavy (non-hydrogen) atoms. The molecule has 0 spiro atoms. The number of carboxylic acid groups (broad SMARTS) is 1. The number of rotatable bonds is 10. The number of nitrogens with zero attached hydrogens (tertiary/aromatic N) is 3. The maximum atomic E-state index is 15.0. The number of halogens is 3. The van der Waals surface area contributed by atoms with Crippen molar-refractivity contribution in [1.82, 2.24) is 12.9 Å². The van der Waals surface area contributed by atoms with E-state index in [9.17, 15) is 45.4 Å². The standard InChI is InChI=1S/C42H52Br3N3O10S3/c1-27-22-33(4-7-36(27)43)30-10-16-46(17-11-30)59(53,54)40(39(49)50)25-41(51,60(55,56)47-18-12-31(13-19-47)34-5-8-37(44)28(2)23-34)42(52,26-40)61(57,58)48-20-14-32(15-21-48)35-6-9-38(45)29(3)24-35/h4-9,22-24,30-32,51-52H,10-21,25-26H2,1-3H3,(H,49,50). The average Bonchev–Trinajstić information content (AvgIpc) is 3.52. The summed E-state index contributed by atoms with van der Waals surface area (Å²) in [7, 11) is -15.8. The monoisotopic (exact) mass is 1090 g/mol. The number of aliphatic hydroxyl groups is 2. The minimum atomic E-state index is -5.35. The van der Waals surface area contributed by atoms with Crippen molar-refractivity contribution in [1.29, 1.82) is 0 Å². The Morgan fingerprint density at radius 2 is 0.787 bits per heavy atom. The van der Waals surface area contributed by atoms with Gasteiger partial charge in [0.25, 0.3) is 0 Å². The maximum absolute atomic E-state index is 15.0. The summed E-state index contributed by atoms with van der Waals surface area (Å²) >= 11 is 10.5. The summed E-state index contributed by atoms with van der Waals surface area (Å²) in [5, 5.41) is 36.4. The van der Waals surface area contributed by atoms with Gasteiger partial charge in [0.1, 0.15) is 0 Å². The fourth-order valence-electron chi connectivity index (χ4n) is 9.87. The first-order valence-electron chi connectivity index (χ1n) is 20.4. The summed E-state index contributed by atoms with van der Waals surface area (Å²) in [6.45, 7) is 4.78. The van der Waals surface area contributed by atoms with Gasteiger partial charge in [0, 0.05) is 65.5 Å². The zero-order valence-corrected chi connectivity index (χ0v) is 41.4. The van der Waals surface area contributed by atoms with Crippen molar-refractivity contribution in [3.8, 4) is 0 Å². The second-order valence-corrected chi connectivity index (χ2v) is 26.4. The first-order chi connectivity index (χ1) is 28.5. The molecule has 4 fully saturated rings. The third-order valence-corrected chi connectivity index (χ3v) is 23.8. The summed E-state index contributed by atoms with van der Waals surface area (Å²) in [4.78, 5) is 6.07. The predicted molar refractivity (Wildman–Crippen MR) is 244 cm³/mol. The van der Waals surface area contributed by atoms with Crippen LogP contribution in [0.3, 0.4) is 0 Å². The molecule has 1 saturated carbocycles. The van der Waals surface area contributed by atoms with E-state index in [1.165, 1.54) is 0 Å². The minimum absolute atomic E-state index is 0.0641. The summed E-state index contributed by atoms with van der Waals surface area (Å²) in [6.07, 6.45) is -1.47. The van der Waals surface area contributed by atoms with Gasteiger partial charge in [-0.1, -0.05) is 84.2 Å². The van der Waals surface area contributed by atoms with Crippen LogP contribution in [0.25, 0.3) is 0 Å². The van der Waals surface area contributed by atoms with E-state index in [0.29, 0.717) is 12.8 Å². The second-order valence-electron chi connectivity index (χ2n) is 17.3. The average molecular weight is 1090 g/mol. The van der Waals surface area contributed by atoms with Gasteiger partial charge in [-0.25, -0.2) is 29.6 Å². The van der Waals surface area contributed by atoms with Gasteiger partial charge in [0.05, 0.1) is 0 Å². The lowest BCUT2D eigenvalue weighted by Crippen LogP contribution is -2.66. The van der Waals surface area contributed by atoms with Crippen LogP contribution in [0.15, 0.2) is 68.0 Å². The third kappa shape index (κ3) is 8.05. The molecule has 3 aromatic rings. The van der Waals surface area contributed by atoms with Crippen molar-refractivity contribution in [2.45, 2.75) is 105 Å². The molecule has 2 atom stereocenters. The van der Waals surface area contributed by atoms with Gasteiger partial charge < -0.3 is 15.3 Å². The van der Waals surface area contributed by atoms with Gasteiger partial charge in [0.2, 0.25) is 39.9 Å². The number of hydrogen-bond acceptors (Lipinski definition) is 9. The molecule has 3 heterocycles. The number of aryl methyl sites for hydroxylation is 3. The summed E-state index contributed by atoms with van der Waals surface area (Å²) < 4.78 is 91.9. The summed E-state index contributed by atoms with van der Waals surface area (Å²) in [5.74, 6) is -2.28. The van der Waals surface area contributed by atoms with Crippen LogP contribution in [-0.2, 0) is 34.9 Å². The molecular weight excluding hydrogens is 1040 g/mol. The highest BCUT2D eigenvalue weighted by atomic mass is 79.9. The van der Waals surface area contributed by atoms with E-state index >= 15 is 0 Å². The topological polar surface area (TPSA) is 190 Å². The van der Waals surface area contributed by atoms with Gasteiger partial charge >= 0.3 is 5.97 Å². The van der Waals surface area contributed by atoms with Crippen LogP contribution >= 0.6 is 47.8 Å². The van der Waals surface area contributed by atoms with Crippen LogP contribution in [0.1, 0.15) is 103 Å². The van der Waals surface area contributed by atoms with Crippen LogP contribution in [-0.4, -0.2) is 113 Å².